The maximum Gasteiger partial charge on any atom is 0.0488 e. The monoisotopic (exact) mass is 310 g/mol. The Morgan fingerprint density at radius 2 is 1.83 bits per heavy atom. The van der Waals surface area contributed by atoms with Crippen LogP contribution in [0.2, 0.25) is 0 Å². The Kier molecular flexibility index (Phi) is 4.82. The maximum atomic E-state index is 5.79. The molecule has 0 radical (unpaired) electrons. The molecule has 0 aromatic heterocycles. The number of hydrazine groups is 1. The van der Waals surface area contributed by atoms with Gasteiger partial charge < -0.3 is 0 Å². The highest BCUT2D eigenvalue weighted by Gasteiger charge is 2.30. The van der Waals surface area contributed by atoms with Crippen LogP contribution in [0.3, 0.4) is 0 Å². The van der Waals surface area contributed by atoms with Gasteiger partial charge in [0.15, 0.2) is 0 Å². The molecule has 1 aliphatic rings. The van der Waals surface area contributed by atoms with Gasteiger partial charge in [-0.15, -0.1) is 0 Å². The van der Waals surface area contributed by atoms with Crippen LogP contribution in [0, 0.1) is 17.8 Å². The Hall–Kier alpha value is -0.380. The average molecular weight is 311 g/mol. The summed E-state index contributed by atoms with van der Waals surface area (Å²) in [4.78, 5) is 0. The van der Waals surface area contributed by atoms with Gasteiger partial charge in [0.05, 0.1) is 0 Å². The molecule has 2 nitrogen and oxygen atoms in total. The van der Waals surface area contributed by atoms with Gasteiger partial charge in [-0.05, 0) is 48.3 Å². The van der Waals surface area contributed by atoms with E-state index in [4.69, 9.17) is 5.84 Å². The molecule has 2 rings (SSSR count). The van der Waals surface area contributed by atoms with Gasteiger partial charge in [-0.2, -0.15) is 0 Å². The predicted molar refractivity (Wildman–Crippen MR) is 79.9 cm³/mol. The van der Waals surface area contributed by atoms with E-state index in [0.29, 0.717) is 5.92 Å². The van der Waals surface area contributed by atoms with Crippen LogP contribution in [-0.2, 0) is 0 Å². The van der Waals surface area contributed by atoms with Crippen molar-refractivity contribution in [1.29, 1.82) is 0 Å². The molecule has 1 aliphatic carbocycles. The van der Waals surface area contributed by atoms with Gasteiger partial charge in [0.25, 0.3) is 0 Å². The van der Waals surface area contributed by atoms with Crippen molar-refractivity contribution < 1.29 is 0 Å². The second-order valence-electron chi connectivity index (χ2n) is 5.72. The van der Waals surface area contributed by atoms with Crippen molar-refractivity contribution >= 4 is 15.9 Å². The number of nitrogens with one attached hydrogen (secondary N) is 1. The van der Waals surface area contributed by atoms with Gasteiger partial charge in [0.2, 0.25) is 0 Å². The fourth-order valence-electron chi connectivity index (χ4n) is 3.07. The fraction of sp³-hybridized carbons (Fsp3) is 0.600. The van der Waals surface area contributed by atoms with Gasteiger partial charge in [-0.25, -0.2) is 0 Å². The summed E-state index contributed by atoms with van der Waals surface area (Å²) in [5.74, 6) is 8.10. The molecule has 1 aromatic carbocycles. The highest BCUT2D eigenvalue weighted by molar-refractivity contribution is 9.10. The number of rotatable bonds is 3. The zero-order valence-electron chi connectivity index (χ0n) is 11.2. The predicted octanol–water partition coefficient (Wildman–Crippen LogP) is 4.03. The van der Waals surface area contributed by atoms with E-state index in [2.05, 4.69) is 59.5 Å². The first-order valence-corrected chi connectivity index (χ1v) is 7.62. The molecule has 100 valence electrons. The van der Waals surface area contributed by atoms with E-state index in [0.717, 1.165) is 16.3 Å². The molecule has 1 fully saturated rings. The molecule has 0 aliphatic heterocycles. The van der Waals surface area contributed by atoms with Gasteiger partial charge in [-0.1, -0.05) is 48.3 Å². The standard InChI is InChI=1S/C15H23BrN2/c1-10-3-4-13(9-11(10)2)15(18-17)12-5-7-14(16)8-6-12/h5-8,10-11,13,15,18H,3-4,9,17H2,1-2H3. The molecule has 1 saturated carbocycles. The zero-order chi connectivity index (χ0) is 13.1. The molecule has 0 bridgehead atoms. The van der Waals surface area contributed by atoms with Crippen LogP contribution in [-0.4, -0.2) is 0 Å². The number of hydrogen-bond acceptors (Lipinski definition) is 2. The molecule has 3 N–H and O–H groups in total. The minimum absolute atomic E-state index is 0.285. The third-order valence-corrected chi connectivity index (χ3v) is 5.05. The fourth-order valence-corrected chi connectivity index (χ4v) is 3.33. The maximum absolute atomic E-state index is 5.79. The van der Waals surface area contributed by atoms with Crippen molar-refractivity contribution in [3.05, 3.63) is 34.3 Å². The van der Waals surface area contributed by atoms with Crippen molar-refractivity contribution in [3.8, 4) is 0 Å². The van der Waals surface area contributed by atoms with Crippen LogP contribution >= 0.6 is 15.9 Å². The van der Waals surface area contributed by atoms with Gasteiger partial charge in [0, 0.05) is 10.5 Å². The van der Waals surface area contributed by atoms with Crippen molar-refractivity contribution in [2.45, 2.75) is 39.2 Å². The van der Waals surface area contributed by atoms with Crippen LogP contribution in [0.1, 0.15) is 44.7 Å². The topological polar surface area (TPSA) is 38.0 Å². The summed E-state index contributed by atoms with van der Waals surface area (Å²) in [6.45, 7) is 4.73. The smallest absolute Gasteiger partial charge is 0.0488 e. The van der Waals surface area contributed by atoms with Crippen molar-refractivity contribution in [2.24, 2.45) is 23.6 Å². The lowest BCUT2D eigenvalue weighted by atomic mass is 9.72. The molecular weight excluding hydrogens is 288 g/mol. The Morgan fingerprint density at radius 3 is 2.39 bits per heavy atom. The highest BCUT2D eigenvalue weighted by Crippen LogP contribution is 2.39. The Morgan fingerprint density at radius 1 is 1.17 bits per heavy atom. The number of nitrogens with two attached hydrogens (primary N) is 1. The molecule has 18 heavy (non-hydrogen) atoms. The lowest BCUT2D eigenvalue weighted by molar-refractivity contribution is 0.171. The molecule has 0 saturated heterocycles. The Labute approximate surface area is 118 Å². The van der Waals surface area contributed by atoms with E-state index in [1.807, 2.05) is 0 Å². The van der Waals surface area contributed by atoms with Crippen molar-refractivity contribution in [3.63, 3.8) is 0 Å². The summed E-state index contributed by atoms with van der Waals surface area (Å²) in [6.07, 6.45) is 3.86. The molecular formula is C15H23BrN2. The third kappa shape index (κ3) is 3.14. The van der Waals surface area contributed by atoms with E-state index < -0.39 is 0 Å². The lowest BCUT2D eigenvalue weighted by Crippen LogP contribution is -2.36. The highest BCUT2D eigenvalue weighted by atomic mass is 79.9. The summed E-state index contributed by atoms with van der Waals surface area (Å²) in [5, 5.41) is 0. The normalized spacial score (nSPS) is 30.1. The molecule has 4 unspecified atom stereocenters. The minimum Gasteiger partial charge on any atom is -0.271 e. The third-order valence-electron chi connectivity index (χ3n) is 4.52. The van der Waals surface area contributed by atoms with Gasteiger partial charge in [-0.3, -0.25) is 11.3 Å². The second-order valence-corrected chi connectivity index (χ2v) is 6.64. The van der Waals surface area contributed by atoms with Crippen LogP contribution in [0.4, 0.5) is 0 Å². The van der Waals surface area contributed by atoms with E-state index in [9.17, 15) is 0 Å². The van der Waals surface area contributed by atoms with Crippen molar-refractivity contribution in [2.75, 3.05) is 0 Å². The summed E-state index contributed by atoms with van der Waals surface area (Å²) < 4.78 is 1.12. The Balaban J connectivity index is 2.11. The SMILES string of the molecule is CC1CCC(C(NN)c2ccc(Br)cc2)CC1C. The molecule has 0 amide bonds. The molecule has 0 spiro atoms. The summed E-state index contributed by atoms with van der Waals surface area (Å²) in [5.41, 5.74) is 4.33. The summed E-state index contributed by atoms with van der Waals surface area (Å²) >= 11 is 3.48. The van der Waals surface area contributed by atoms with Gasteiger partial charge >= 0.3 is 0 Å². The average Bonchev–Trinajstić information content (AvgIpc) is 2.37. The molecule has 3 heteroatoms. The van der Waals surface area contributed by atoms with Crippen molar-refractivity contribution in [1.82, 2.24) is 5.43 Å². The van der Waals surface area contributed by atoms with Crippen LogP contribution in [0.25, 0.3) is 0 Å². The number of halogens is 1. The molecule has 1 aromatic rings. The second kappa shape index (κ2) is 6.18. The number of benzene rings is 1. The van der Waals surface area contributed by atoms with E-state index in [1.54, 1.807) is 0 Å². The zero-order valence-corrected chi connectivity index (χ0v) is 12.8. The van der Waals surface area contributed by atoms with E-state index >= 15 is 0 Å². The largest absolute Gasteiger partial charge is 0.271 e. The van der Waals surface area contributed by atoms with Crippen LogP contribution in [0.5, 0.6) is 0 Å². The quantitative estimate of drug-likeness (QED) is 0.653. The first kappa shape index (κ1) is 14.0. The summed E-state index contributed by atoms with van der Waals surface area (Å²) in [6, 6.07) is 8.80. The van der Waals surface area contributed by atoms with E-state index in [-0.39, 0.29) is 6.04 Å². The molecule has 4 atom stereocenters. The summed E-state index contributed by atoms with van der Waals surface area (Å²) in [7, 11) is 0. The van der Waals surface area contributed by atoms with Crippen LogP contribution in [0.15, 0.2) is 28.7 Å². The minimum atomic E-state index is 0.285. The van der Waals surface area contributed by atoms with E-state index in [1.165, 1.54) is 24.8 Å². The Bertz CT molecular complexity index is 377. The van der Waals surface area contributed by atoms with Crippen LogP contribution < -0.4 is 11.3 Å². The number of hydrogen-bond donors (Lipinski definition) is 2. The lowest BCUT2D eigenvalue weighted by Gasteiger charge is -2.36. The van der Waals surface area contributed by atoms with Gasteiger partial charge in [0.1, 0.15) is 0 Å². The first-order chi connectivity index (χ1) is 8.61. The first-order valence-electron chi connectivity index (χ1n) is 6.83. The molecule has 0 heterocycles.